The lowest BCUT2D eigenvalue weighted by Gasteiger charge is -2.41. The fourth-order valence-electron chi connectivity index (χ4n) is 2.93. The summed E-state index contributed by atoms with van der Waals surface area (Å²) in [4.78, 5) is 2.46. The summed E-state index contributed by atoms with van der Waals surface area (Å²) < 4.78 is 5.41. The molecule has 4 atom stereocenters. The predicted octanol–water partition coefficient (Wildman–Crippen LogP) is 2.53. The molecular weight excluding hydrogens is 224 g/mol. The minimum Gasteiger partial charge on any atom is -0.469 e. The highest BCUT2D eigenvalue weighted by Crippen LogP contribution is 2.21. The van der Waals surface area contributed by atoms with Crippen LogP contribution in [0.2, 0.25) is 0 Å². The van der Waals surface area contributed by atoms with E-state index in [4.69, 9.17) is 4.42 Å². The lowest BCUT2D eigenvalue weighted by atomic mass is 9.89. The number of hydrogen-bond donors (Lipinski definition) is 1. The van der Waals surface area contributed by atoms with Gasteiger partial charge in [0.15, 0.2) is 0 Å². The molecule has 2 rings (SSSR count). The van der Waals surface area contributed by atoms with Gasteiger partial charge in [-0.25, -0.2) is 0 Å². The van der Waals surface area contributed by atoms with E-state index in [1.165, 1.54) is 13.0 Å². The van der Waals surface area contributed by atoms with Crippen molar-refractivity contribution in [3.05, 3.63) is 24.2 Å². The van der Waals surface area contributed by atoms with Crippen LogP contribution in [0.25, 0.3) is 0 Å². The van der Waals surface area contributed by atoms with Crippen LogP contribution in [0.4, 0.5) is 0 Å². The molecule has 18 heavy (non-hydrogen) atoms. The average Bonchev–Trinajstić information content (AvgIpc) is 2.78. The first-order chi connectivity index (χ1) is 8.56. The maximum atomic E-state index is 5.41. The Kier molecular flexibility index (Phi) is 4.46. The van der Waals surface area contributed by atoms with Crippen LogP contribution in [0.3, 0.4) is 0 Å². The Morgan fingerprint density at radius 2 is 2.28 bits per heavy atom. The van der Waals surface area contributed by atoms with Crippen LogP contribution in [0.15, 0.2) is 22.8 Å². The standard InChI is InChI=1S/C15H26N2O/c1-11-10-17(4)13(3)9-15(11)16-12(2)8-14-6-5-7-18-14/h5-7,11-13,15-16H,8-10H2,1-4H3. The lowest BCUT2D eigenvalue weighted by molar-refractivity contribution is 0.116. The zero-order valence-electron chi connectivity index (χ0n) is 12.0. The molecular formula is C15H26N2O. The van der Waals surface area contributed by atoms with Crippen LogP contribution >= 0.6 is 0 Å². The summed E-state index contributed by atoms with van der Waals surface area (Å²) in [6.07, 6.45) is 3.96. The summed E-state index contributed by atoms with van der Waals surface area (Å²) in [7, 11) is 2.23. The van der Waals surface area contributed by atoms with E-state index >= 15 is 0 Å². The fraction of sp³-hybridized carbons (Fsp3) is 0.733. The molecule has 0 aromatic carbocycles. The second kappa shape index (κ2) is 5.89. The third-order valence-corrected chi connectivity index (χ3v) is 4.20. The molecule has 0 bridgehead atoms. The highest BCUT2D eigenvalue weighted by molar-refractivity contribution is 5.00. The topological polar surface area (TPSA) is 28.4 Å². The molecule has 0 saturated carbocycles. The number of rotatable bonds is 4. The van der Waals surface area contributed by atoms with E-state index < -0.39 is 0 Å². The monoisotopic (exact) mass is 250 g/mol. The maximum absolute atomic E-state index is 5.41. The third kappa shape index (κ3) is 3.36. The van der Waals surface area contributed by atoms with Crippen molar-refractivity contribution >= 4 is 0 Å². The maximum Gasteiger partial charge on any atom is 0.105 e. The highest BCUT2D eigenvalue weighted by atomic mass is 16.3. The van der Waals surface area contributed by atoms with Gasteiger partial charge in [-0.1, -0.05) is 6.92 Å². The van der Waals surface area contributed by atoms with Crippen molar-refractivity contribution in [3.63, 3.8) is 0 Å². The van der Waals surface area contributed by atoms with Crippen LogP contribution in [-0.2, 0) is 6.42 Å². The van der Waals surface area contributed by atoms with Gasteiger partial charge in [-0.3, -0.25) is 0 Å². The highest BCUT2D eigenvalue weighted by Gasteiger charge is 2.29. The van der Waals surface area contributed by atoms with Crippen LogP contribution in [0.1, 0.15) is 33.0 Å². The van der Waals surface area contributed by atoms with Gasteiger partial charge in [-0.05, 0) is 45.4 Å². The largest absolute Gasteiger partial charge is 0.469 e. The Morgan fingerprint density at radius 3 is 2.94 bits per heavy atom. The van der Waals surface area contributed by atoms with Crippen molar-refractivity contribution in [3.8, 4) is 0 Å². The molecule has 0 spiro atoms. The van der Waals surface area contributed by atoms with Crippen molar-refractivity contribution in [1.82, 2.24) is 10.2 Å². The van der Waals surface area contributed by atoms with Crippen LogP contribution in [0.5, 0.6) is 0 Å². The summed E-state index contributed by atoms with van der Waals surface area (Å²) in [5, 5.41) is 3.77. The molecule has 1 aliphatic heterocycles. The first-order valence-electron chi connectivity index (χ1n) is 7.05. The van der Waals surface area contributed by atoms with Crippen molar-refractivity contribution in [2.75, 3.05) is 13.6 Å². The molecule has 1 fully saturated rings. The Labute approximate surface area is 111 Å². The van der Waals surface area contributed by atoms with E-state index in [1.807, 2.05) is 6.07 Å². The number of hydrogen-bond acceptors (Lipinski definition) is 3. The Bertz CT molecular complexity index is 349. The van der Waals surface area contributed by atoms with Gasteiger partial charge in [0.05, 0.1) is 6.26 Å². The van der Waals surface area contributed by atoms with Crippen molar-refractivity contribution in [2.24, 2.45) is 5.92 Å². The van der Waals surface area contributed by atoms with Gasteiger partial charge in [0.1, 0.15) is 5.76 Å². The van der Waals surface area contributed by atoms with E-state index in [2.05, 4.69) is 44.1 Å². The lowest BCUT2D eigenvalue weighted by Crippen LogP contribution is -2.53. The molecule has 2 heterocycles. The molecule has 4 unspecified atom stereocenters. The van der Waals surface area contributed by atoms with Crippen molar-refractivity contribution < 1.29 is 4.42 Å². The van der Waals surface area contributed by atoms with Gasteiger partial charge in [0, 0.05) is 31.1 Å². The average molecular weight is 250 g/mol. The Balaban J connectivity index is 1.84. The molecule has 3 nitrogen and oxygen atoms in total. The SMILES string of the molecule is CC(Cc1ccco1)NC1CC(C)N(C)CC1C. The number of piperidine rings is 1. The van der Waals surface area contributed by atoms with Gasteiger partial charge in [0.25, 0.3) is 0 Å². The molecule has 0 amide bonds. The van der Waals surface area contributed by atoms with Gasteiger partial charge < -0.3 is 14.6 Å². The molecule has 0 aliphatic carbocycles. The van der Waals surface area contributed by atoms with Gasteiger partial charge in [0.2, 0.25) is 0 Å². The van der Waals surface area contributed by atoms with Gasteiger partial charge in [-0.15, -0.1) is 0 Å². The number of nitrogens with zero attached hydrogens (tertiary/aromatic N) is 1. The zero-order valence-corrected chi connectivity index (χ0v) is 12.0. The summed E-state index contributed by atoms with van der Waals surface area (Å²) in [6.45, 7) is 8.10. The number of furan rings is 1. The smallest absolute Gasteiger partial charge is 0.105 e. The Hall–Kier alpha value is -0.800. The van der Waals surface area contributed by atoms with Gasteiger partial charge in [-0.2, -0.15) is 0 Å². The van der Waals surface area contributed by atoms with Crippen molar-refractivity contribution in [1.29, 1.82) is 0 Å². The van der Waals surface area contributed by atoms with Crippen molar-refractivity contribution in [2.45, 2.75) is 51.7 Å². The van der Waals surface area contributed by atoms with E-state index in [-0.39, 0.29) is 0 Å². The predicted molar refractivity (Wildman–Crippen MR) is 74.7 cm³/mol. The van der Waals surface area contributed by atoms with E-state index in [1.54, 1.807) is 6.26 Å². The summed E-state index contributed by atoms with van der Waals surface area (Å²) in [5.74, 6) is 1.79. The van der Waals surface area contributed by atoms with E-state index in [0.29, 0.717) is 24.0 Å². The first-order valence-corrected chi connectivity index (χ1v) is 7.05. The normalized spacial score (nSPS) is 31.4. The summed E-state index contributed by atoms with van der Waals surface area (Å²) in [5.41, 5.74) is 0. The summed E-state index contributed by atoms with van der Waals surface area (Å²) >= 11 is 0. The second-order valence-electron chi connectivity index (χ2n) is 5.96. The molecule has 3 heteroatoms. The second-order valence-corrected chi connectivity index (χ2v) is 5.96. The third-order valence-electron chi connectivity index (χ3n) is 4.20. The molecule has 1 saturated heterocycles. The molecule has 1 aromatic heterocycles. The quantitative estimate of drug-likeness (QED) is 0.890. The van der Waals surface area contributed by atoms with Gasteiger partial charge >= 0.3 is 0 Å². The Morgan fingerprint density at radius 1 is 1.50 bits per heavy atom. The number of likely N-dealkylation sites (tertiary alicyclic amines) is 1. The van der Waals surface area contributed by atoms with Crippen LogP contribution < -0.4 is 5.32 Å². The van der Waals surface area contributed by atoms with Crippen LogP contribution in [-0.4, -0.2) is 36.6 Å². The molecule has 1 aliphatic rings. The minimum atomic E-state index is 0.471. The summed E-state index contributed by atoms with van der Waals surface area (Å²) in [6, 6.07) is 5.79. The minimum absolute atomic E-state index is 0.471. The molecule has 1 aromatic rings. The first kappa shape index (κ1) is 13.6. The molecule has 1 N–H and O–H groups in total. The van der Waals surface area contributed by atoms with E-state index in [9.17, 15) is 0 Å². The number of nitrogens with one attached hydrogen (secondary N) is 1. The van der Waals surface area contributed by atoms with E-state index in [0.717, 1.165) is 12.2 Å². The fourth-order valence-corrected chi connectivity index (χ4v) is 2.93. The molecule has 102 valence electrons. The zero-order chi connectivity index (χ0) is 13.1. The molecule has 0 radical (unpaired) electrons. The van der Waals surface area contributed by atoms with Crippen LogP contribution in [0, 0.1) is 5.92 Å².